The Hall–Kier alpha value is -1.11. The molecule has 0 fully saturated rings. The zero-order chi connectivity index (χ0) is 12.0. The van der Waals surface area contributed by atoms with Crippen LogP contribution in [0.2, 0.25) is 0 Å². The Morgan fingerprint density at radius 3 is 2.94 bits per heavy atom. The van der Waals surface area contributed by atoms with Crippen LogP contribution in [-0.4, -0.2) is 19.2 Å². The van der Waals surface area contributed by atoms with Crippen molar-refractivity contribution in [3.8, 4) is 5.75 Å². The molecule has 0 aromatic heterocycles. The van der Waals surface area contributed by atoms with E-state index < -0.39 is 0 Å². The van der Waals surface area contributed by atoms with Crippen molar-refractivity contribution in [2.24, 2.45) is 5.10 Å². The third-order valence-electron chi connectivity index (χ3n) is 1.85. The number of benzene rings is 1. The van der Waals surface area contributed by atoms with Gasteiger partial charge in [-0.1, -0.05) is 6.92 Å². The normalized spacial score (nSPS) is 10.4. The predicted molar refractivity (Wildman–Crippen MR) is 72.0 cm³/mol. The molecular formula is C11H13IN2O2. The van der Waals surface area contributed by atoms with Crippen LogP contribution in [0.25, 0.3) is 0 Å². The van der Waals surface area contributed by atoms with Crippen LogP contribution in [0.4, 0.5) is 0 Å². The maximum atomic E-state index is 11.6. The number of halogens is 1. The van der Waals surface area contributed by atoms with E-state index in [-0.39, 0.29) is 5.91 Å². The summed E-state index contributed by atoms with van der Waals surface area (Å²) in [6.45, 7) is 1.95. The van der Waals surface area contributed by atoms with E-state index in [0.717, 1.165) is 15.7 Å². The molecule has 1 amide bonds. The largest absolute Gasteiger partial charge is 0.496 e. The summed E-state index contributed by atoms with van der Waals surface area (Å²) in [6, 6.07) is 5.23. The third kappa shape index (κ3) is 3.48. The van der Waals surface area contributed by atoms with Crippen molar-refractivity contribution in [3.05, 3.63) is 27.3 Å². The molecular weight excluding hydrogens is 319 g/mol. The molecule has 0 bridgehead atoms. The molecule has 0 saturated heterocycles. The summed E-state index contributed by atoms with van der Waals surface area (Å²) < 4.78 is 6.00. The third-order valence-corrected chi connectivity index (χ3v) is 2.70. The second kappa shape index (κ2) is 6.47. The fourth-order valence-electron chi connectivity index (χ4n) is 1.07. The second-order valence-corrected chi connectivity index (χ2v) is 4.17. The summed E-state index contributed by atoms with van der Waals surface area (Å²) in [5.74, 6) is 0.541. The van der Waals surface area contributed by atoms with E-state index in [1.165, 1.54) is 0 Å². The quantitative estimate of drug-likeness (QED) is 0.523. The molecule has 16 heavy (non-hydrogen) atoms. The summed E-state index contributed by atoms with van der Waals surface area (Å²) in [5, 5.41) is 3.78. The number of ether oxygens (including phenoxy) is 1. The Morgan fingerprint density at radius 1 is 1.62 bits per heavy atom. The van der Waals surface area contributed by atoms with Gasteiger partial charge in [-0.25, -0.2) is 5.43 Å². The zero-order valence-electron chi connectivity index (χ0n) is 9.16. The summed E-state index contributed by atoms with van der Waals surface area (Å²) in [7, 11) is 1.60. The van der Waals surface area contributed by atoms with Gasteiger partial charge in [-0.05, 0) is 47.2 Å². The van der Waals surface area contributed by atoms with Crippen molar-refractivity contribution < 1.29 is 9.53 Å². The van der Waals surface area contributed by atoms with Gasteiger partial charge in [0.25, 0.3) is 5.91 Å². The number of hydrogen-bond donors (Lipinski definition) is 1. The Bertz CT molecular complexity index is 405. The van der Waals surface area contributed by atoms with Crippen LogP contribution in [0.15, 0.2) is 23.3 Å². The Labute approximate surface area is 108 Å². The number of carbonyl (C=O) groups excluding carboxylic acids is 1. The number of hydrazone groups is 1. The summed E-state index contributed by atoms with van der Waals surface area (Å²) in [4.78, 5) is 11.6. The van der Waals surface area contributed by atoms with E-state index in [0.29, 0.717) is 5.56 Å². The lowest BCUT2D eigenvalue weighted by atomic mass is 10.2. The lowest BCUT2D eigenvalue weighted by Gasteiger charge is -2.05. The lowest BCUT2D eigenvalue weighted by Crippen LogP contribution is -2.17. The van der Waals surface area contributed by atoms with E-state index in [1.807, 2.05) is 6.92 Å². The van der Waals surface area contributed by atoms with Crippen LogP contribution >= 0.6 is 22.6 Å². The molecule has 0 radical (unpaired) electrons. The van der Waals surface area contributed by atoms with E-state index in [1.54, 1.807) is 31.5 Å². The van der Waals surface area contributed by atoms with Crippen molar-refractivity contribution in [1.29, 1.82) is 0 Å². The van der Waals surface area contributed by atoms with Gasteiger partial charge >= 0.3 is 0 Å². The first-order valence-corrected chi connectivity index (χ1v) is 5.92. The molecule has 0 aliphatic carbocycles. The monoisotopic (exact) mass is 332 g/mol. The van der Waals surface area contributed by atoms with Crippen LogP contribution in [0, 0.1) is 3.57 Å². The molecule has 1 rings (SSSR count). The van der Waals surface area contributed by atoms with E-state index in [4.69, 9.17) is 4.74 Å². The summed E-state index contributed by atoms with van der Waals surface area (Å²) in [5.41, 5.74) is 3.02. The fourth-order valence-corrected chi connectivity index (χ4v) is 1.80. The van der Waals surface area contributed by atoms with Crippen LogP contribution in [0.5, 0.6) is 5.75 Å². The minimum absolute atomic E-state index is 0.217. The molecule has 0 saturated carbocycles. The molecule has 86 valence electrons. The topological polar surface area (TPSA) is 50.7 Å². The maximum absolute atomic E-state index is 11.6. The number of rotatable bonds is 4. The van der Waals surface area contributed by atoms with Gasteiger partial charge in [-0.3, -0.25) is 4.79 Å². The minimum Gasteiger partial charge on any atom is -0.496 e. The van der Waals surface area contributed by atoms with Crippen molar-refractivity contribution in [2.75, 3.05) is 7.11 Å². The van der Waals surface area contributed by atoms with E-state index >= 15 is 0 Å². The SMILES string of the molecule is CC/C=N\NC(=O)c1ccc(OC)c(I)c1. The summed E-state index contributed by atoms with van der Waals surface area (Å²) in [6.07, 6.45) is 2.44. The molecule has 5 heteroatoms. The highest BCUT2D eigenvalue weighted by atomic mass is 127. The number of amides is 1. The highest BCUT2D eigenvalue weighted by Crippen LogP contribution is 2.21. The van der Waals surface area contributed by atoms with Gasteiger partial charge in [-0.15, -0.1) is 0 Å². The molecule has 0 aliphatic heterocycles. The zero-order valence-corrected chi connectivity index (χ0v) is 11.3. The fraction of sp³-hybridized carbons (Fsp3) is 0.273. The smallest absolute Gasteiger partial charge is 0.271 e. The van der Waals surface area contributed by atoms with Crippen molar-refractivity contribution in [1.82, 2.24) is 5.43 Å². The van der Waals surface area contributed by atoms with Crippen LogP contribution in [0.3, 0.4) is 0 Å². The molecule has 1 aromatic carbocycles. The van der Waals surface area contributed by atoms with E-state index in [9.17, 15) is 4.79 Å². The van der Waals surface area contributed by atoms with Crippen molar-refractivity contribution >= 4 is 34.7 Å². The molecule has 0 unspecified atom stereocenters. The van der Waals surface area contributed by atoms with Gasteiger partial charge < -0.3 is 4.74 Å². The predicted octanol–water partition coefficient (Wildman–Crippen LogP) is 2.43. The van der Waals surface area contributed by atoms with Crippen LogP contribution in [0.1, 0.15) is 23.7 Å². The molecule has 0 atom stereocenters. The standard InChI is InChI=1S/C11H13IN2O2/c1-3-6-13-14-11(15)8-4-5-10(16-2)9(12)7-8/h4-7H,3H2,1-2H3,(H,14,15)/b13-6-. The number of hydrogen-bond acceptors (Lipinski definition) is 3. The Morgan fingerprint density at radius 2 is 2.38 bits per heavy atom. The average molecular weight is 332 g/mol. The van der Waals surface area contributed by atoms with Crippen molar-refractivity contribution in [2.45, 2.75) is 13.3 Å². The summed E-state index contributed by atoms with van der Waals surface area (Å²) >= 11 is 2.12. The molecule has 0 aliphatic rings. The first-order chi connectivity index (χ1) is 7.69. The molecule has 0 spiro atoms. The lowest BCUT2D eigenvalue weighted by molar-refractivity contribution is 0.0955. The maximum Gasteiger partial charge on any atom is 0.271 e. The molecule has 1 aromatic rings. The number of nitrogens with zero attached hydrogens (tertiary/aromatic N) is 1. The molecule has 4 nitrogen and oxygen atoms in total. The van der Waals surface area contributed by atoms with Gasteiger partial charge in [0.1, 0.15) is 5.75 Å². The number of nitrogens with one attached hydrogen (secondary N) is 1. The van der Waals surface area contributed by atoms with Crippen molar-refractivity contribution in [3.63, 3.8) is 0 Å². The van der Waals surface area contributed by atoms with Gasteiger partial charge in [0.2, 0.25) is 0 Å². The van der Waals surface area contributed by atoms with Crippen LogP contribution < -0.4 is 10.2 Å². The van der Waals surface area contributed by atoms with Gasteiger partial charge in [-0.2, -0.15) is 5.10 Å². The highest BCUT2D eigenvalue weighted by molar-refractivity contribution is 14.1. The van der Waals surface area contributed by atoms with Gasteiger partial charge in [0.15, 0.2) is 0 Å². The number of methoxy groups -OCH3 is 1. The second-order valence-electron chi connectivity index (χ2n) is 3.01. The highest BCUT2D eigenvalue weighted by Gasteiger charge is 2.07. The Balaban J connectivity index is 2.77. The first kappa shape index (κ1) is 13.0. The van der Waals surface area contributed by atoms with E-state index in [2.05, 4.69) is 33.1 Å². The Kier molecular flexibility index (Phi) is 5.24. The first-order valence-electron chi connectivity index (χ1n) is 4.84. The van der Waals surface area contributed by atoms with Gasteiger partial charge in [0, 0.05) is 11.8 Å². The molecule has 1 N–H and O–H groups in total. The van der Waals surface area contributed by atoms with Gasteiger partial charge in [0.05, 0.1) is 10.7 Å². The molecule has 0 heterocycles. The minimum atomic E-state index is -0.217. The number of carbonyl (C=O) groups is 1. The van der Waals surface area contributed by atoms with Crippen LogP contribution in [-0.2, 0) is 0 Å². The average Bonchev–Trinajstić information content (AvgIpc) is 2.29.